The monoisotopic (exact) mass is 541 g/mol. The molecule has 1 fully saturated rings. The molecule has 2 amide bonds. The molecule has 1 saturated carbocycles. The molecule has 3 aromatic rings. The van der Waals surface area contributed by atoms with E-state index in [1.165, 1.54) is 33.4 Å². The molecule has 39 heavy (non-hydrogen) atoms. The van der Waals surface area contributed by atoms with Crippen LogP contribution < -0.4 is 16.0 Å². The quantitative estimate of drug-likeness (QED) is 0.323. The highest BCUT2D eigenvalue weighted by Crippen LogP contribution is 2.38. The number of carbonyl (C=O) groups excluding carboxylic acids is 2. The molecule has 1 atom stereocenters. The van der Waals surface area contributed by atoms with E-state index in [2.05, 4.69) is 30.8 Å². The zero-order chi connectivity index (χ0) is 28.4. The number of hydrogen-bond donors (Lipinski definition) is 4. The number of alkyl carbamates (subject to hydrolysis) is 1. The van der Waals surface area contributed by atoms with E-state index < -0.39 is 36.0 Å². The topological polar surface area (TPSA) is 154 Å². The summed E-state index contributed by atoms with van der Waals surface area (Å²) in [5.41, 5.74) is -0.734. The van der Waals surface area contributed by atoms with Gasteiger partial charge in [0.2, 0.25) is 0 Å². The molecule has 11 nitrogen and oxygen atoms in total. The molecule has 0 spiro atoms. The van der Waals surface area contributed by atoms with E-state index in [9.17, 15) is 23.5 Å². The summed E-state index contributed by atoms with van der Waals surface area (Å²) in [5.74, 6) is -0.626. The number of anilines is 1. The fourth-order valence-corrected chi connectivity index (χ4v) is 4.27. The summed E-state index contributed by atoms with van der Waals surface area (Å²) in [6.45, 7) is 1.97. The number of rotatable bonds is 9. The molecule has 0 aliphatic heterocycles. The molecular formula is C26H29F2N7O4. The lowest BCUT2D eigenvalue weighted by Gasteiger charge is -2.42. The first-order chi connectivity index (χ1) is 18.4. The summed E-state index contributed by atoms with van der Waals surface area (Å²) in [5, 5.41) is 31.3. The lowest BCUT2D eigenvalue weighted by molar-refractivity contribution is -0.00177. The number of halogens is 2. The van der Waals surface area contributed by atoms with Gasteiger partial charge in [0.1, 0.15) is 17.9 Å². The average molecular weight is 542 g/mol. The van der Waals surface area contributed by atoms with Crippen LogP contribution in [-0.4, -0.2) is 75.4 Å². The first-order valence-electron chi connectivity index (χ1n) is 12.2. The van der Waals surface area contributed by atoms with Crippen molar-refractivity contribution in [3.63, 3.8) is 0 Å². The first-order valence-corrected chi connectivity index (χ1v) is 12.2. The Balaban J connectivity index is 1.59. The molecule has 0 bridgehead atoms. The molecule has 1 aliphatic rings. The lowest BCUT2D eigenvalue weighted by atomic mass is 9.77. The number of hydrogen-bond acceptors (Lipinski definition) is 8. The molecule has 1 aliphatic carbocycles. The number of nitriles is 1. The zero-order valence-electron chi connectivity index (χ0n) is 21.7. The highest BCUT2D eigenvalue weighted by molar-refractivity contribution is 6.00. The van der Waals surface area contributed by atoms with Gasteiger partial charge in [-0.15, -0.1) is 0 Å². The van der Waals surface area contributed by atoms with E-state index in [1.54, 1.807) is 28.8 Å². The fraction of sp³-hybridized carbons (Fsp3) is 0.423. The van der Waals surface area contributed by atoms with Gasteiger partial charge in [0, 0.05) is 25.1 Å². The average Bonchev–Trinajstić information content (AvgIpc) is 3.31. The minimum absolute atomic E-state index is 0.0630. The van der Waals surface area contributed by atoms with Gasteiger partial charge >= 0.3 is 6.09 Å². The summed E-state index contributed by atoms with van der Waals surface area (Å²) < 4.78 is 35.3. The second-order valence-electron chi connectivity index (χ2n) is 10.1. The van der Waals surface area contributed by atoms with Crippen LogP contribution in [0.15, 0.2) is 36.7 Å². The van der Waals surface area contributed by atoms with Crippen LogP contribution in [0.2, 0.25) is 0 Å². The molecule has 3 aromatic heterocycles. The number of aromatic nitrogens is 3. The van der Waals surface area contributed by atoms with Crippen LogP contribution >= 0.6 is 0 Å². The van der Waals surface area contributed by atoms with Crippen LogP contribution in [-0.2, 0) is 4.74 Å². The van der Waals surface area contributed by atoms with Gasteiger partial charge in [0.05, 0.1) is 65.7 Å². The number of aliphatic hydroxyl groups is 1. The molecule has 0 saturated heterocycles. The Morgan fingerprint density at radius 3 is 2.72 bits per heavy atom. The Labute approximate surface area is 223 Å². The third kappa shape index (κ3) is 6.23. The van der Waals surface area contributed by atoms with Crippen LogP contribution in [0.4, 0.5) is 19.3 Å². The van der Waals surface area contributed by atoms with Crippen molar-refractivity contribution in [1.29, 1.82) is 5.26 Å². The van der Waals surface area contributed by atoms with E-state index in [0.717, 1.165) is 0 Å². The second-order valence-corrected chi connectivity index (χ2v) is 10.1. The smallest absolute Gasteiger partial charge is 0.406 e. The van der Waals surface area contributed by atoms with Crippen molar-refractivity contribution in [3.8, 4) is 17.5 Å². The molecule has 0 radical (unpaired) electrons. The standard InChI is InChI=1S/C26H29F2N7O4/c1-25(2,38)22(27)13-31-23(36)18-12-30-20(21-5-4-17-6-15(10-29)11-33-35(17)21)7-19(18)34-16-8-26(28,9-16)14-32-24(37)39-3/h4-7,11-12,16,22,38H,8-9,13-14H2,1-3H3,(H,30,34)(H,31,36)(H,32,37)/t16?,22-,26?/m1/s1. The molecule has 4 rings (SSSR count). The Morgan fingerprint density at radius 1 is 1.31 bits per heavy atom. The van der Waals surface area contributed by atoms with Crippen LogP contribution in [0.25, 0.3) is 16.9 Å². The number of methoxy groups -OCH3 is 1. The van der Waals surface area contributed by atoms with Crippen LogP contribution in [0.5, 0.6) is 0 Å². The van der Waals surface area contributed by atoms with E-state index in [1.807, 2.05) is 6.07 Å². The van der Waals surface area contributed by atoms with E-state index in [0.29, 0.717) is 28.2 Å². The Hall–Kier alpha value is -4.31. The minimum Gasteiger partial charge on any atom is -0.453 e. The number of carbonyl (C=O) groups is 2. The predicted molar refractivity (Wildman–Crippen MR) is 138 cm³/mol. The van der Waals surface area contributed by atoms with Crippen molar-refractivity contribution in [1.82, 2.24) is 25.2 Å². The maximum atomic E-state index is 15.0. The van der Waals surface area contributed by atoms with Crippen LogP contribution in [0, 0.1) is 11.3 Å². The van der Waals surface area contributed by atoms with Gasteiger partial charge < -0.3 is 25.8 Å². The van der Waals surface area contributed by atoms with Gasteiger partial charge in [0.25, 0.3) is 5.91 Å². The molecule has 3 heterocycles. The third-order valence-electron chi connectivity index (χ3n) is 6.57. The van der Waals surface area contributed by atoms with Crippen LogP contribution in [0.3, 0.4) is 0 Å². The van der Waals surface area contributed by atoms with Gasteiger partial charge in [-0.3, -0.25) is 9.78 Å². The number of ether oxygens (including phenoxy) is 1. The number of nitrogens with zero attached hydrogens (tertiary/aromatic N) is 4. The molecule has 13 heteroatoms. The van der Waals surface area contributed by atoms with Gasteiger partial charge in [-0.25, -0.2) is 18.1 Å². The summed E-state index contributed by atoms with van der Waals surface area (Å²) in [6.07, 6.45) is 0.440. The lowest BCUT2D eigenvalue weighted by Crippen LogP contribution is -2.54. The molecule has 0 aromatic carbocycles. The number of fused-ring (bicyclic) bond motifs is 1. The van der Waals surface area contributed by atoms with Gasteiger partial charge in [-0.2, -0.15) is 10.4 Å². The zero-order valence-corrected chi connectivity index (χ0v) is 21.7. The summed E-state index contributed by atoms with van der Waals surface area (Å²) >= 11 is 0. The predicted octanol–water partition coefficient (Wildman–Crippen LogP) is 2.75. The number of alkyl halides is 2. The molecule has 206 valence electrons. The number of nitrogens with one attached hydrogen (secondary N) is 3. The van der Waals surface area contributed by atoms with E-state index in [4.69, 9.17) is 5.26 Å². The number of pyridine rings is 1. The second kappa shape index (κ2) is 10.8. The largest absolute Gasteiger partial charge is 0.453 e. The van der Waals surface area contributed by atoms with E-state index in [-0.39, 0.29) is 31.0 Å². The van der Waals surface area contributed by atoms with Crippen molar-refractivity contribution in [2.75, 3.05) is 25.5 Å². The first kappa shape index (κ1) is 27.7. The highest BCUT2D eigenvalue weighted by atomic mass is 19.1. The summed E-state index contributed by atoms with van der Waals surface area (Å²) in [4.78, 5) is 28.7. The number of amides is 2. The fourth-order valence-electron chi connectivity index (χ4n) is 4.27. The van der Waals surface area contributed by atoms with Crippen molar-refractivity contribution in [2.24, 2.45) is 0 Å². The Morgan fingerprint density at radius 2 is 2.05 bits per heavy atom. The maximum Gasteiger partial charge on any atom is 0.406 e. The molecule has 0 unspecified atom stereocenters. The minimum atomic E-state index is -1.71. The summed E-state index contributed by atoms with van der Waals surface area (Å²) in [7, 11) is 1.19. The van der Waals surface area contributed by atoms with Crippen molar-refractivity contribution < 1.29 is 28.2 Å². The van der Waals surface area contributed by atoms with E-state index >= 15 is 0 Å². The van der Waals surface area contributed by atoms with Gasteiger partial charge in [0.15, 0.2) is 0 Å². The molecule has 4 N–H and O–H groups in total. The van der Waals surface area contributed by atoms with Crippen molar-refractivity contribution >= 4 is 23.2 Å². The SMILES string of the molecule is COC(=O)NCC1(F)CC(Nc2cc(-c3ccc4cc(C#N)cnn34)ncc2C(=O)NC[C@@H](F)C(C)(C)O)C1. The van der Waals surface area contributed by atoms with Crippen molar-refractivity contribution in [3.05, 3.63) is 47.8 Å². The van der Waals surface area contributed by atoms with Crippen LogP contribution in [0.1, 0.15) is 42.6 Å². The van der Waals surface area contributed by atoms with Gasteiger partial charge in [-0.05, 0) is 38.1 Å². The van der Waals surface area contributed by atoms with Crippen molar-refractivity contribution in [2.45, 2.75) is 50.2 Å². The maximum absolute atomic E-state index is 15.0. The van der Waals surface area contributed by atoms with Gasteiger partial charge in [-0.1, -0.05) is 0 Å². The third-order valence-corrected chi connectivity index (χ3v) is 6.57. The highest BCUT2D eigenvalue weighted by Gasteiger charge is 2.45. The summed E-state index contributed by atoms with van der Waals surface area (Å²) in [6, 6.07) is 8.50. The molecular weight excluding hydrogens is 512 g/mol. The normalized spacial score (nSPS) is 19.5. The Bertz CT molecular complexity index is 1420. The Kier molecular flexibility index (Phi) is 7.69.